The maximum atomic E-state index is 13.3. The Bertz CT molecular complexity index is 595. The van der Waals surface area contributed by atoms with E-state index in [2.05, 4.69) is 5.32 Å². The van der Waals surface area contributed by atoms with Crippen LogP contribution in [0.25, 0.3) is 0 Å². The highest BCUT2D eigenvalue weighted by molar-refractivity contribution is 5.94. The highest BCUT2D eigenvalue weighted by Gasteiger charge is 2.36. The van der Waals surface area contributed by atoms with Crippen molar-refractivity contribution >= 4 is 11.9 Å². The predicted octanol–water partition coefficient (Wildman–Crippen LogP) is 3.47. The highest BCUT2D eigenvalue weighted by Crippen LogP contribution is 2.30. The van der Waals surface area contributed by atoms with Crippen LogP contribution in [0.5, 0.6) is 0 Å². The standard InChI is InChI=1S/C15H17F4NO3/c1-3-14(4-2,13(22)23)8-20-12(21)9-5-10(15(17,18)19)7-11(16)6-9/h5-7H,3-4,8H2,1-2H3,(H,20,21)(H,22,23). The number of carboxylic acid groups (broad SMARTS) is 1. The van der Waals surface area contributed by atoms with Crippen LogP contribution >= 0.6 is 0 Å². The molecular formula is C15H17F4NO3. The Morgan fingerprint density at radius 2 is 1.70 bits per heavy atom. The van der Waals surface area contributed by atoms with Crippen LogP contribution in [0.4, 0.5) is 17.6 Å². The molecule has 4 nitrogen and oxygen atoms in total. The van der Waals surface area contributed by atoms with Crippen LogP contribution in [-0.2, 0) is 11.0 Å². The minimum atomic E-state index is -4.78. The van der Waals surface area contributed by atoms with E-state index in [0.29, 0.717) is 12.1 Å². The molecule has 0 aliphatic carbocycles. The molecule has 0 bridgehead atoms. The monoisotopic (exact) mass is 335 g/mol. The molecule has 0 spiro atoms. The normalized spacial score (nSPS) is 12.1. The number of carbonyl (C=O) groups excluding carboxylic acids is 1. The Hall–Kier alpha value is -2.12. The fourth-order valence-corrected chi connectivity index (χ4v) is 2.11. The fourth-order valence-electron chi connectivity index (χ4n) is 2.11. The van der Waals surface area contributed by atoms with Gasteiger partial charge in [-0.25, -0.2) is 4.39 Å². The molecular weight excluding hydrogens is 318 g/mol. The van der Waals surface area contributed by atoms with Gasteiger partial charge in [0.05, 0.1) is 11.0 Å². The van der Waals surface area contributed by atoms with Crippen LogP contribution < -0.4 is 5.32 Å². The largest absolute Gasteiger partial charge is 0.481 e. The van der Waals surface area contributed by atoms with Gasteiger partial charge in [-0.15, -0.1) is 0 Å². The second kappa shape index (κ2) is 6.97. The third kappa shape index (κ3) is 4.43. The van der Waals surface area contributed by atoms with Crippen molar-refractivity contribution in [1.82, 2.24) is 5.32 Å². The van der Waals surface area contributed by atoms with Crippen LogP contribution in [0.3, 0.4) is 0 Å². The summed E-state index contributed by atoms with van der Waals surface area (Å²) < 4.78 is 51.2. The summed E-state index contributed by atoms with van der Waals surface area (Å²) in [5.41, 5.74) is -3.00. The molecule has 0 heterocycles. The maximum Gasteiger partial charge on any atom is 0.416 e. The van der Waals surface area contributed by atoms with Gasteiger partial charge in [-0.1, -0.05) is 13.8 Å². The molecule has 0 atom stereocenters. The topological polar surface area (TPSA) is 66.4 Å². The van der Waals surface area contributed by atoms with Gasteiger partial charge in [0.1, 0.15) is 5.82 Å². The van der Waals surface area contributed by atoms with Crippen molar-refractivity contribution < 1.29 is 32.3 Å². The van der Waals surface area contributed by atoms with E-state index in [1.165, 1.54) is 0 Å². The molecule has 128 valence electrons. The van der Waals surface area contributed by atoms with E-state index >= 15 is 0 Å². The second-order valence-corrected chi connectivity index (χ2v) is 5.20. The van der Waals surface area contributed by atoms with Gasteiger partial charge < -0.3 is 10.4 Å². The van der Waals surface area contributed by atoms with Gasteiger partial charge in [-0.2, -0.15) is 13.2 Å². The van der Waals surface area contributed by atoms with Gasteiger partial charge >= 0.3 is 12.1 Å². The number of hydrogen-bond donors (Lipinski definition) is 2. The van der Waals surface area contributed by atoms with Crippen LogP contribution in [0, 0.1) is 11.2 Å². The zero-order valence-electron chi connectivity index (χ0n) is 12.6. The summed E-state index contributed by atoms with van der Waals surface area (Å²) in [7, 11) is 0. The van der Waals surface area contributed by atoms with E-state index in [0.717, 1.165) is 0 Å². The molecule has 1 rings (SSSR count). The molecule has 0 saturated heterocycles. The summed E-state index contributed by atoms with van der Waals surface area (Å²) in [6.45, 7) is 3.01. The van der Waals surface area contributed by atoms with E-state index in [4.69, 9.17) is 0 Å². The Morgan fingerprint density at radius 3 is 2.13 bits per heavy atom. The average Bonchev–Trinajstić information content (AvgIpc) is 2.46. The summed E-state index contributed by atoms with van der Waals surface area (Å²) in [5, 5.41) is 11.5. The number of hydrogen-bond acceptors (Lipinski definition) is 2. The molecule has 0 aliphatic heterocycles. The van der Waals surface area contributed by atoms with Crippen molar-refractivity contribution in [1.29, 1.82) is 0 Å². The van der Waals surface area contributed by atoms with Crippen molar-refractivity contribution in [3.05, 3.63) is 35.1 Å². The molecule has 0 saturated carbocycles. The fraction of sp³-hybridized carbons (Fsp3) is 0.467. The van der Waals surface area contributed by atoms with Gasteiger partial charge in [-0.05, 0) is 31.0 Å². The number of halogens is 4. The van der Waals surface area contributed by atoms with Crippen molar-refractivity contribution in [3.63, 3.8) is 0 Å². The first kappa shape index (κ1) is 18.9. The number of benzene rings is 1. The Balaban J connectivity index is 2.99. The van der Waals surface area contributed by atoms with Gasteiger partial charge in [0.25, 0.3) is 5.91 Å². The van der Waals surface area contributed by atoms with Gasteiger partial charge in [0, 0.05) is 12.1 Å². The highest BCUT2D eigenvalue weighted by atomic mass is 19.4. The lowest BCUT2D eigenvalue weighted by Crippen LogP contribution is -2.42. The molecule has 1 amide bonds. The first-order valence-corrected chi connectivity index (χ1v) is 6.95. The number of carbonyl (C=O) groups is 2. The first-order valence-electron chi connectivity index (χ1n) is 6.95. The van der Waals surface area contributed by atoms with Crippen LogP contribution in [-0.4, -0.2) is 23.5 Å². The minimum Gasteiger partial charge on any atom is -0.481 e. The van der Waals surface area contributed by atoms with Gasteiger partial charge in [0.2, 0.25) is 0 Å². The van der Waals surface area contributed by atoms with E-state index in [1.807, 2.05) is 0 Å². The van der Waals surface area contributed by atoms with Crippen LogP contribution in [0.1, 0.15) is 42.6 Å². The zero-order chi connectivity index (χ0) is 17.8. The minimum absolute atomic E-state index is 0.232. The predicted molar refractivity (Wildman–Crippen MR) is 74.4 cm³/mol. The molecule has 1 aromatic carbocycles. The molecule has 0 aliphatic rings. The lowest BCUT2D eigenvalue weighted by Gasteiger charge is -2.26. The zero-order valence-corrected chi connectivity index (χ0v) is 12.6. The lowest BCUT2D eigenvalue weighted by molar-refractivity contribution is -0.149. The van der Waals surface area contributed by atoms with E-state index in [1.54, 1.807) is 13.8 Å². The van der Waals surface area contributed by atoms with Gasteiger partial charge in [-0.3, -0.25) is 9.59 Å². The van der Waals surface area contributed by atoms with E-state index < -0.39 is 40.4 Å². The molecule has 23 heavy (non-hydrogen) atoms. The van der Waals surface area contributed by atoms with Crippen molar-refractivity contribution in [2.45, 2.75) is 32.9 Å². The number of nitrogens with one attached hydrogen (secondary N) is 1. The molecule has 8 heteroatoms. The van der Waals surface area contributed by atoms with Crippen LogP contribution in [0.2, 0.25) is 0 Å². The molecule has 0 unspecified atom stereocenters. The SMILES string of the molecule is CCC(CC)(CNC(=O)c1cc(F)cc(C(F)(F)F)c1)C(=O)O. The van der Waals surface area contributed by atoms with E-state index in [9.17, 15) is 32.3 Å². The summed E-state index contributed by atoms with van der Waals surface area (Å²) in [6.07, 6.45) is -4.32. The number of carboxylic acids is 1. The van der Waals surface area contributed by atoms with Crippen LogP contribution in [0.15, 0.2) is 18.2 Å². The summed E-state index contributed by atoms with van der Waals surface area (Å²) in [4.78, 5) is 23.3. The number of alkyl halides is 3. The number of rotatable bonds is 6. The van der Waals surface area contributed by atoms with Crippen molar-refractivity contribution in [2.75, 3.05) is 6.54 Å². The van der Waals surface area contributed by atoms with Gasteiger partial charge in [0.15, 0.2) is 0 Å². The third-order valence-electron chi connectivity index (χ3n) is 3.88. The molecule has 0 fully saturated rings. The number of amides is 1. The Labute approximate surface area is 130 Å². The van der Waals surface area contributed by atoms with Crippen molar-refractivity contribution in [2.24, 2.45) is 5.41 Å². The van der Waals surface area contributed by atoms with E-state index in [-0.39, 0.29) is 25.5 Å². The summed E-state index contributed by atoms with van der Waals surface area (Å²) in [6, 6.07) is 1.49. The quantitative estimate of drug-likeness (QED) is 0.783. The van der Waals surface area contributed by atoms with Crippen molar-refractivity contribution in [3.8, 4) is 0 Å². The lowest BCUT2D eigenvalue weighted by atomic mass is 9.82. The smallest absolute Gasteiger partial charge is 0.416 e. The Kier molecular flexibility index (Phi) is 5.74. The summed E-state index contributed by atoms with van der Waals surface area (Å²) >= 11 is 0. The molecule has 1 aromatic rings. The third-order valence-corrected chi connectivity index (χ3v) is 3.88. The first-order chi connectivity index (χ1) is 10.6. The molecule has 0 radical (unpaired) electrons. The maximum absolute atomic E-state index is 13.3. The number of aliphatic carboxylic acids is 1. The Morgan fingerprint density at radius 1 is 1.13 bits per heavy atom. The summed E-state index contributed by atoms with van der Waals surface area (Å²) in [5.74, 6) is -3.26. The average molecular weight is 335 g/mol. The molecule has 0 aromatic heterocycles. The second-order valence-electron chi connectivity index (χ2n) is 5.20. The molecule has 2 N–H and O–H groups in total.